The van der Waals surface area contributed by atoms with E-state index in [9.17, 15) is 27.5 Å². The van der Waals surface area contributed by atoms with Crippen LogP contribution in [0.1, 0.15) is 38.7 Å². The lowest BCUT2D eigenvalue weighted by molar-refractivity contribution is -0.139. The summed E-state index contributed by atoms with van der Waals surface area (Å²) in [6, 6.07) is 5.04. The first-order chi connectivity index (χ1) is 12.4. The smallest absolute Gasteiger partial charge is 0.330 e. The van der Waals surface area contributed by atoms with Crippen LogP contribution in [0.3, 0.4) is 0 Å². The number of sulfone groups is 1. The van der Waals surface area contributed by atoms with Gasteiger partial charge < -0.3 is 10.4 Å². The van der Waals surface area contributed by atoms with Gasteiger partial charge in [-0.25, -0.2) is 17.6 Å². The highest BCUT2D eigenvalue weighted by atomic mass is 32.2. The molecule has 2 aromatic rings. The van der Waals surface area contributed by atoms with Crippen LogP contribution in [-0.4, -0.2) is 31.7 Å². The molecule has 1 amide bonds. The Labute approximate surface area is 157 Å². The number of aliphatic carboxylic acids is 1. The topological polar surface area (TPSA) is 101 Å². The van der Waals surface area contributed by atoms with E-state index >= 15 is 0 Å². The van der Waals surface area contributed by atoms with Crippen LogP contribution in [0.15, 0.2) is 35.2 Å². The Bertz CT molecular complexity index is 1030. The third kappa shape index (κ3) is 4.51. The fraction of sp³-hybridized carbons (Fsp3) is 0.263. The fourth-order valence-electron chi connectivity index (χ4n) is 2.62. The second-order valence-electron chi connectivity index (χ2n) is 6.44. The Balaban J connectivity index is 2.46. The standard InChI is InChI=1S/C19H20FNO5S/c1-10-8-14(27(4,25)26)9-15(12(10)3)18(22)21-17(19(23)24)13-5-6-16(20)11(2)7-13/h5-9,17H,1-4H3,(H,21,22)(H,23,24). The number of carboxylic acids is 1. The van der Waals surface area contributed by atoms with Gasteiger partial charge >= 0.3 is 5.97 Å². The number of benzene rings is 2. The lowest BCUT2D eigenvalue weighted by Crippen LogP contribution is -2.34. The Kier molecular flexibility index (Phi) is 5.70. The molecule has 0 radical (unpaired) electrons. The molecule has 0 aromatic heterocycles. The summed E-state index contributed by atoms with van der Waals surface area (Å²) in [5.41, 5.74) is 1.66. The number of carbonyl (C=O) groups is 2. The van der Waals surface area contributed by atoms with Gasteiger partial charge in [0.25, 0.3) is 5.91 Å². The molecule has 6 nitrogen and oxygen atoms in total. The minimum absolute atomic E-state index is 0.0275. The zero-order chi connectivity index (χ0) is 20.5. The van der Waals surface area contributed by atoms with Crippen molar-refractivity contribution < 1.29 is 27.5 Å². The van der Waals surface area contributed by atoms with E-state index in [1.165, 1.54) is 31.2 Å². The van der Waals surface area contributed by atoms with E-state index in [1.54, 1.807) is 13.8 Å². The van der Waals surface area contributed by atoms with Crippen molar-refractivity contribution in [3.63, 3.8) is 0 Å². The van der Waals surface area contributed by atoms with Crippen LogP contribution in [0, 0.1) is 26.6 Å². The molecule has 2 rings (SSSR count). The number of nitrogens with one attached hydrogen (secondary N) is 1. The average molecular weight is 393 g/mol. The van der Waals surface area contributed by atoms with E-state index in [0.717, 1.165) is 12.3 Å². The van der Waals surface area contributed by atoms with Gasteiger partial charge in [-0.05, 0) is 61.2 Å². The molecular weight excluding hydrogens is 373 g/mol. The molecule has 0 aliphatic carbocycles. The molecule has 27 heavy (non-hydrogen) atoms. The molecule has 0 saturated heterocycles. The summed E-state index contributed by atoms with van der Waals surface area (Å²) >= 11 is 0. The van der Waals surface area contributed by atoms with Gasteiger partial charge in [-0.2, -0.15) is 0 Å². The summed E-state index contributed by atoms with van der Waals surface area (Å²) in [5.74, 6) is -2.53. The van der Waals surface area contributed by atoms with Crippen molar-refractivity contribution in [1.82, 2.24) is 5.32 Å². The van der Waals surface area contributed by atoms with Crippen LogP contribution in [-0.2, 0) is 14.6 Å². The minimum atomic E-state index is -3.54. The number of carboxylic acid groups (broad SMARTS) is 1. The molecule has 0 aliphatic heterocycles. The summed E-state index contributed by atoms with van der Waals surface area (Å²) in [6.45, 7) is 4.80. The molecule has 0 aliphatic rings. The molecule has 0 bridgehead atoms. The van der Waals surface area contributed by atoms with Crippen LogP contribution >= 0.6 is 0 Å². The van der Waals surface area contributed by atoms with E-state index in [2.05, 4.69) is 5.32 Å². The molecule has 0 spiro atoms. The third-order valence-electron chi connectivity index (χ3n) is 4.35. The van der Waals surface area contributed by atoms with Crippen molar-refractivity contribution in [1.29, 1.82) is 0 Å². The van der Waals surface area contributed by atoms with Crippen LogP contribution in [0.25, 0.3) is 0 Å². The van der Waals surface area contributed by atoms with Crippen LogP contribution in [0.4, 0.5) is 4.39 Å². The minimum Gasteiger partial charge on any atom is -0.479 e. The highest BCUT2D eigenvalue weighted by Crippen LogP contribution is 2.22. The number of hydrogen-bond acceptors (Lipinski definition) is 4. The van der Waals surface area contributed by atoms with E-state index in [4.69, 9.17) is 0 Å². The second kappa shape index (κ2) is 7.48. The number of hydrogen-bond donors (Lipinski definition) is 2. The molecule has 1 atom stereocenters. The summed E-state index contributed by atoms with van der Waals surface area (Å²) in [4.78, 5) is 24.3. The first-order valence-electron chi connectivity index (χ1n) is 8.03. The van der Waals surface area contributed by atoms with Gasteiger partial charge in [-0.15, -0.1) is 0 Å². The SMILES string of the molecule is Cc1cc(C(NC(=O)c2cc(S(C)(=O)=O)cc(C)c2C)C(=O)O)ccc1F. The summed E-state index contributed by atoms with van der Waals surface area (Å²) in [6.07, 6.45) is 1.03. The molecule has 144 valence electrons. The largest absolute Gasteiger partial charge is 0.479 e. The average Bonchev–Trinajstić information content (AvgIpc) is 2.56. The normalized spacial score (nSPS) is 12.5. The first kappa shape index (κ1) is 20.6. The molecule has 0 saturated carbocycles. The first-order valence-corrected chi connectivity index (χ1v) is 9.92. The fourth-order valence-corrected chi connectivity index (χ4v) is 3.34. The molecule has 8 heteroatoms. The van der Waals surface area contributed by atoms with Crippen LogP contribution in [0.2, 0.25) is 0 Å². The van der Waals surface area contributed by atoms with E-state index < -0.39 is 33.6 Å². The quantitative estimate of drug-likeness (QED) is 0.813. The van der Waals surface area contributed by atoms with Gasteiger partial charge in [0.15, 0.2) is 15.9 Å². The summed E-state index contributed by atoms with van der Waals surface area (Å²) in [5, 5.41) is 11.9. The Morgan fingerprint density at radius 1 is 1.07 bits per heavy atom. The maximum atomic E-state index is 13.5. The predicted molar refractivity (Wildman–Crippen MR) is 98.0 cm³/mol. The zero-order valence-corrected chi connectivity index (χ0v) is 16.1. The van der Waals surface area contributed by atoms with E-state index in [-0.39, 0.29) is 21.6 Å². The van der Waals surface area contributed by atoms with E-state index in [0.29, 0.717) is 11.1 Å². The van der Waals surface area contributed by atoms with Gasteiger partial charge in [0.2, 0.25) is 0 Å². The highest BCUT2D eigenvalue weighted by Gasteiger charge is 2.25. The van der Waals surface area contributed by atoms with Crippen LogP contribution < -0.4 is 5.32 Å². The number of amides is 1. The van der Waals surface area contributed by atoms with Crippen molar-refractivity contribution in [3.8, 4) is 0 Å². The number of halogens is 1. The second-order valence-corrected chi connectivity index (χ2v) is 8.45. The lowest BCUT2D eigenvalue weighted by Gasteiger charge is -2.18. The maximum absolute atomic E-state index is 13.5. The predicted octanol–water partition coefficient (Wildman–Crippen LogP) is 2.71. The van der Waals surface area contributed by atoms with Crippen molar-refractivity contribution in [2.75, 3.05) is 6.26 Å². The number of carbonyl (C=O) groups excluding carboxylic acids is 1. The summed E-state index contributed by atoms with van der Waals surface area (Å²) < 4.78 is 37.1. The Morgan fingerprint density at radius 3 is 2.22 bits per heavy atom. The van der Waals surface area contributed by atoms with Crippen molar-refractivity contribution in [2.24, 2.45) is 0 Å². The van der Waals surface area contributed by atoms with Gasteiger partial charge in [0.05, 0.1) is 4.90 Å². The van der Waals surface area contributed by atoms with Crippen molar-refractivity contribution >= 4 is 21.7 Å². The molecule has 2 aromatic carbocycles. The third-order valence-corrected chi connectivity index (χ3v) is 5.44. The number of rotatable bonds is 5. The monoisotopic (exact) mass is 393 g/mol. The Morgan fingerprint density at radius 2 is 1.70 bits per heavy atom. The molecular formula is C19H20FNO5S. The summed E-state index contributed by atoms with van der Waals surface area (Å²) in [7, 11) is -3.54. The molecule has 2 N–H and O–H groups in total. The molecule has 0 fully saturated rings. The van der Waals surface area contributed by atoms with Gasteiger partial charge in [-0.3, -0.25) is 4.79 Å². The number of aryl methyl sites for hydroxylation is 2. The van der Waals surface area contributed by atoms with E-state index in [1.807, 2.05) is 0 Å². The van der Waals surface area contributed by atoms with Crippen LogP contribution in [0.5, 0.6) is 0 Å². The lowest BCUT2D eigenvalue weighted by atomic mass is 10.0. The molecule has 1 unspecified atom stereocenters. The molecule has 0 heterocycles. The van der Waals surface area contributed by atoms with Gasteiger partial charge in [0.1, 0.15) is 5.82 Å². The van der Waals surface area contributed by atoms with Gasteiger partial charge in [-0.1, -0.05) is 12.1 Å². The van der Waals surface area contributed by atoms with Gasteiger partial charge in [0, 0.05) is 11.8 Å². The Hall–Kier alpha value is -2.74. The highest BCUT2D eigenvalue weighted by molar-refractivity contribution is 7.90. The maximum Gasteiger partial charge on any atom is 0.330 e. The van der Waals surface area contributed by atoms with Crippen molar-refractivity contribution in [3.05, 3.63) is 64.0 Å². The van der Waals surface area contributed by atoms with Crippen molar-refractivity contribution in [2.45, 2.75) is 31.7 Å². The zero-order valence-electron chi connectivity index (χ0n) is 15.3.